The van der Waals surface area contributed by atoms with Crippen LogP contribution in [-0.2, 0) is 14.3 Å². The second-order valence-electron chi connectivity index (χ2n) is 20.0. The third kappa shape index (κ3) is 35.8. The van der Waals surface area contributed by atoms with Crippen molar-refractivity contribution < 1.29 is 50.0 Å². The number of aliphatic hydroxyl groups is 7. The van der Waals surface area contributed by atoms with E-state index < -0.39 is 74.2 Å². The van der Waals surface area contributed by atoms with Gasteiger partial charge in [-0.05, 0) is 89.9 Å². The van der Waals surface area contributed by atoms with Crippen molar-refractivity contribution >= 4 is 5.91 Å². The molecule has 11 nitrogen and oxygen atoms in total. The van der Waals surface area contributed by atoms with Crippen LogP contribution in [0.5, 0.6) is 0 Å². The van der Waals surface area contributed by atoms with E-state index in [2.05, 4.69) is 67.8 Å². The molecule has 11 heteroatoms. The third-order valence-corrected chi connectivity index (χ3v) is 13.6. The van der Waals surface area contributed by atoms with Crippen LogP contribution in [0.4, 0.5) is 0 Å². The molecular formula is C58H107NO10. The Kier molecular flexibility index (Phi) is 44.4. The van der Waals surface area contributed by atoms with Crippen molar-refractivity contribution in [3.05, 3.63) is 48.6 Å². The number of carbonyl (C=O) groups is 1. The van der Waals surface area contributed by atoms with E-state index in [1.54, 1.807) is 0 Å². The first-order chi connectivity index (χ1) is 33.7. The number of allylic oxidation sites excluding steroid dienone is 8. The predicted molar refractivity (Wildman–Crippen MR) is 284 cm³/mol. The van der Waals surface area contributed by atoms with Gasteiger partial charge in [0.05, 0.1) is 25.4 Å². The highest BCUT2D eigenvalue weighted by atomic mass is 16.7. The predicted octanol–water partition coefficient (Wildman–Crippen LogP) is 11.7. The third-order valence-electron chi connectivity index (χ3n) is 13.6. The van der Waals surface area contributed by atoms with E-state index in [4.69, 9.17) is 9.47 Å². The molecule has 0 aliphatic carbocycles. The Morgan fingerprint density at radius 3 is 1.29 bits per heavy atom. The normalized spacial score (nSPS) is 20.7. The average molecular weight is 978 g/mol. The van der Waals surface area contributed by atoms with Crippen molar-refractivity contribution in [1.29, 1.82) is 0 Å². The maximum absolute atomic E-state index is 13.1. The molecule has 0 saturated carbocycles. The van der Waals surface area contributed by atoms with Gasteiger partial charge in [0.25, 0.3) is 0 Å². The lowest BCUT2D eigenvalue weighted by Crippen LogP contribution is -2.60. The second kappa shape index (κ2) is 47.1. The molecule has 1 heterocycles. The van der Waals surface area contributed by atoms with Gasteiger partial charge in [-0.15, -0.1) is 0 Å². The first kappa shape index (κ1) is 65.1. The van der Waals surface area contributed by atoms with E-state index in [1.165, 1.54) is 141 Å². The highest BCUT2D eigenvalue weighted by molar-refractivity contribution is 5.80. The van der Waals surface area contributed by atoms with Gasteiger partial charge in [-0.25, -0.2) is 0 Å². The van der Waals surface area contributed by atoms with E-state index in [1.807, 2.05) is 0 Å². The smallest absolute Gasteiger partial charge is 0.249 e. The average Bonchev–Trinajstić information content (AvgIpc) is 3.35. The van der Waals surface area contributed by atoms with Crippen molar-refractivity contribution in [2.75, 3.05) is 13.2 Å². The van der Waals surface area contributed by atoms with E-state index in [9.17, 15) is 40.5 Å². The lowest BCUT2D eigenvalue weighted by molar-refractivity contribution is -0.303. The zero-order valence-electron chi connectivity index (χ0n) is 44.0. The van der Waals surface area contributed by atoms with Gasteiger partial charge >= 0.3 is 0 Å². The molecule has 0 aromatic rings. The Morgan fingerprint density at radius 2 is 0.870 bits per heavy atom. The Labute approximate surface area is 421 Å². The van der Waals surface area contributed by atoms with Crippen LogP contribution in [0.2, 0.25) is 0 Å². The maximum Gasteiger partial charge on any atom is 0.249 e. The summed E-state index contributed by atoms with van der Waals surface area (Å²) in [5, 5.41) is 76.0. The molecule has 1 rings (SSSR count). The summed E-state index contributed by atoms with van der Waals surface area (Å²) in [7, 11) is 0. The Balaban J connectivity index is 2.38. The molecule has 0 spiro atoms. The molecule has 9 unspecified atom stereocenters. The summed E-state index contributed by atoms with van der Waals surface area (Å²) in [6.07, 6.45) is 47.4. The molecule has 69 heavy (non-hydrogen) atoms. The minimum atomic E-state index is -1.68. The summed E-state index contributed by atoms with van der Waals surface area (Å²) in [4.78, 5) is 13.1. The van der Waals surface area contributed by atoms with Gasteiger partial charge in [-0.3, -0.25) is 4.79 Å². The highest BCUT2D eigenvalue weighted by Gasteiger charge is 2.44. The van der Waals surface area contributed by atoms with Crippen LogP contribution in [0.3, 0.4) is 0 Å². The van der Waals surface area contributed by atoms with E-state index in [-0.39, 0.29) is 12.8 Å². The van der Waals surface area contributed by atoms with Crippen molar-refractivity contribution in [3.8, 4) is 0 Å². The van der Waals surface area contributed by atoms with Gasteiger partial charge in [-0.2, -0.15) is 0 Å². The Hall–Kier alpha value is -1.93. The number of rotatable bonds is 48. The molecular weight excluding hydrogens is 871 g/mol. The zero-order chi connectivity index (χ0) is 50.4. The molecule has 0 bridgehead atoms. The van der Waals surface area contributed by atoms with Crippen molar-refractivity contribution in [2.24, 2.45) is 0 Å². The van der Waals surface area contributed by atoms with Crippen LogP contribution in [0.1, 0.15) is 245 Å². The van der Waals surface area contributed by atoms with Crippen LogP contribution in [0, 0.1) is 0 Å². The SMILES string of the molecule is CCCCCCCCCCC/C=C\CCCCCCC(O)C(=O)NC(COC1OC(CO)C(O)C(O)C1O)C(O)C(O)CCC/C=C/CC/C=C/CC/C=C/CCCCCCCCCCCCCC. The first-order valence-corrected chi connectivity index (χ1v) is 28.5. The molecule has 8 N–H and O–H groups in total. The van der Waals surface area contributed by atoms with Crippen molar-refractivity contribution in [2.45, 2.75) is 300 Å². The topological polar surface area (TPSA) is 189 Å². The number of hydrogen-bond acceptors (Lipinski definition) is 10. The molecule has 9 atom stereocenters. The highest BCUT2D eigenvalue weighted by Crippen LogP contribution is 2.23. The number of aliphatic hydroxyl groups excluding tert-OH is 7. The van der Waals surface area contributed by atoms with Gasteiger partial charge in [-0.1, -0.05) is 204 Å². The first-order valence-electron chi connectivity index (χ1n) is 28.5. The monoisotopic (exact) mass is 978 g/mol. The summed E-state index contributed by atoms with van der Waals surface area (Å²) in [5.41, 5.74) is 0. The Bertz CT molecular complexity index is 1260. The van der Waals surface area contributed by atoms with Crippen molar-refractivity contribution in [1.82, 2.24) is 5.32 Å². The number of amides is 1. The largest absolute Gasteiger partial charge is 0.394 e. The molecule has 0 aromatic heterocycles. The minimum Gasteiger partial charge on any atom is -0.394 e. The summed E-state index contributed by atoms with van der Waals surface area (Å²) >= 11 is 0. The quantitative estimate of drug-likeness (QED) is 0.0215. The van der Waals surface area contributed by atoms with Crippen LogP contribution < -0.4 is 5.32 Å². The molecule has 1 aliphatic heterocycles. The maximum atomic E-state index is 13.1. The van der Waals surface area contributed by atoms with Gasteiger partial charge < -0.3 is 50.5 Å². The molecule has 1 aliphatic rings. The summed E-state index contributed by atoms with van der Waals surface area (Å²) in [6, 6.07) is -1.20. The van der Waals surface area contributed by atoms with Crippen LogP contribution in [0.15, 0.2) is 48.6 Å². The molecule has 1 amide bonds. The standard InChI is InChI=1S/C58H107NO10/c1-3-5-7-9-11-13-15-17-19-21-22-23-24-25-26-27-28-30-31-33-35-37-39-41-43-45-50(61)53(63)49(48-68-58-56(66)55(65)54(64)52(47-60)69-58)59-57(67)51(62)46-44-42-40-38-36-34-32-29-20-18-16-14-12-10-8-6-4-2/h25-26,30-32,34,37,39,49-56,58,60-66H,3-24,27-29,33,35-36,38,40-48H2,1-2H3,(H,59,67)/b26-25+,31-30+,34-32-,39-37+. The summed E-state index contributed by atoms with van der Waals surface area (Å²) in [6.45, 7) is 3.44. The van der Waals surface area contributed by atoms with Crippen LogP contribution in [-0.4, -0.2) is 110 Å². The zero-order valence-corrected chi connectivity index (χ0v) is 44.0. The van der Waals surface area contributed by atoms with Crippen LogP contribution in [0.25, 0.3) is 0 Å². The summed E-state index contributed by atoms with van der Waals surface area (Å²) in [5.74, 6) is -0.721. The lowest BCUT2D eigenvalue weighted by atomic mass is 9.98. The molecule has 1 saturated heterocycles. The van der Waals surface area contributed by atoms with Crippen molar-refractivity contribution in [3.63, 3.8) is 0 Å². The lowest BCUT2D eigenvalue weighted by Gasteiger charge is -2.40. The number of carbonyl (C=O) groups excluding carboxylic acids is 1. The number of nitrogens with one attached hydrogen (secondary N) is 1. The minimum absolute atomic E-state index is 0.234. The van der Waals surface area contributed by atoms with Gasteiger partial charge in [0, 0.05) is 0 Å². The van der Waals surface area contributed by atoms with E-state index in [0.717, 1.165) is 57.8 Å². The fraction of sp³-hybridized carbons (Fsp3) is 0.845. The molecule has 404 valence electrons. The number of hydrogen-bond donors (Lipinski definition) is 8. The van der Waals surface area contributed by atoms with Gasteiger partial charge in [0.2, 0.25) is 5.91 Å². The van der Waals surface area contributed by atoms with Gasteiger partial charge in [0.15, 0.2) is 6.29 Å². The Morgan fingerprint density at radius 1 is 0.493 bits per heavy atom. The number of unbranched alkanes of at least 4 members (excludes halogenated alkanes) is 28. The molecule has 1 fully saturated rings. The summed E-state index contributed by atoms with van der Waals surface area (Å²) < 4.78 is 11.1. The fourth-order valence-electron chi connectivity index (χ4n) is 8.88. The van der Waals surface area contributed by atoms with Crippen LogP contribution >= 0.6 is 0 Å². The molecule has 0 aromatic carbocycles. The van der Waals surface area contributed by atoms with Gasteiger partial charge in [0.1, 0.15) is 36.6 Å². The fourth-order valence-corrected chi connectivity index (χ4v) is 8.88. The number of ether oxygens (including phenoxy) is 2. The molecule has 0 radical (unpaired) electrons. The second-order valence-corrected chi connectivity index (χ2v) is 20.0. The van der Waals surface area contributed by atoms with E-state index >= 15 is 0 Å². The van der Waals surface area contributed by atoms with E-state index in [0.29, 0.717) is 19.3 Å².